The highest BCUT2D eigenvalue weighted by atomic mass is 16.2. The molecule has 4 heteroatoms. The van der Waals surface area contributed by atoms with Crippen LogP contribution >= 0.6 is 0 Å². The van der Waals surface area contributed by atoms with Crippen molar-refractivity contribution < 1.29 is 4.79 Å². The quantitative estimate of drug-likeness (QED) is 0.790. The monoisotopic (exact) mass is 239 g/mol. The SMILES string of the molecule is CCCC1(CCC)N=C(NC(C)(C)C)NC1=O. The summed E-state index contributed by atoms with van der Waals surface area (Å²) in [4.78, 5) is 16.7. The third-order valence-electron chi connectivity index (χ3n) is 2.80. The molecule has 1 heterocycles. The first-order chi connectivity index (χ1) is 7.83. The highest BCUT2D eigenvalue weighted by Crippen LogP contribution is 2.28. The summed E-state index contributed by atoms with van der Waals surface area (Å²) in [5, 5.41) is 6.11. The molecule has 0 atom stereocenters. The predicted molar refractivity (Wildman–Crippen MR) is 71.0 cm³/mol. The van der Waals surface area contributed by atoms with E-state index in [0.29, 0.717) is 5.96 Å². The van der Waals surface area contributed by atoms with Gasteiger partial charge in [-0.1, -0.05) is 26.7 Å². The number of aliphatic imine (C=N–C) groups is 1. The van der Waals surface area contributed by atoms with Crippen LogP contribution in [0.15, 0.2) is 4.99 Å². The third-order valence-corrected chi connectivity index (χ3v) is 2.80. The van der Waals surface area contributed by atoms with Crippen molar-refractivity contribution in [3.05, 3.63) is 0 Å². The van der Waals surface area contributed by atoms with Crippen LogP contribution in [0.4, 0.5) is 0 Å². The lowest BCUT2D eigenvalue weighted by molar-refractivity contribution is -0.124. The van der Waals surface area contributed by atoms with Crippen LogP contribution in [0, 0.1) is 0 Å². The van der Waals surface area contributed by atoms with Gasteiger partial charge >= 0.3 is 0 Å². The average Bonchev–Trinajstić information content (AvgIpc) is 2.41. The molecule has 2 N–H and O–H groups in total. The van der Waals surface area contributed by atoms with Crippen molar-refractivity contribution in [2.24, 2.45) is 4.99 Å². The molecule has 4 nitrogen and oxygen atoms in total. The lowest BCUT2D eigenvalue weighted by Gasteiger charge is -2.22. The smallest absolute Gasteiger partial charge is 0.254 e. The van der Waals surface area contributed by atoms with Gasteiger partial charge in [0.15, 0.2) is 5.96 Å². The van der Waals surface area contributed by atoms with E-state index in [9.17, 15) is 4.79 Å². The van der Waals surface area contributed by atoms with Crippen LogP contribution in [-0.2, 0) is 4.79 Å². The van der Waals surface area contributed by atoms with Crippen LogP contribution in [0.1, 0.15) is 60.3 Å². The van der Waals surface area contributed by atoms with Gasteiger partial charge in [-0.2, -0.15) is 0 Å². The fraction of sp³-hybridized carbons (Fsp3) is 0.846. The van der Waals surface area contributed by atoms with E-state index in [1.54, 1.807) is 0 Å². The first kappa shape index (κ1) is 14.0. The Morgan fingerprint density at radius 2 is 1.76 bits per heavy atom. The van der Waals surface area contributed by atoms with Gasteiger partial charge in [0.1, 0.15) is 5.54 Å². The summed E-state index contributed by atoms with van der Waals surface area (Å²) in [5.41, 5.74) is -0.613. The topological polar surface area (TPSA) is 53.5 Å². The molecule has 0 unspecified atom stereocenters. The van der Waals surface area contributed by atoms with Gasteiger partial charge in [-0.25, -0.2) is 4.99 Å². The van der Waals surface area contributed by atoms with Crippen LogP contribution in [0.25, 0.3) is 0 Å². The second-order valence-corrected chi connectivity index (χ2v) is 5.82. The molecule has 0 aliphatic carbocycles. The molecule has 0 saturated heterocycles. The Morgan fingerprint density at radius 3 is 2.18 bits per heavy atom. The lowest BCUT2D eigenvalue weighted by Crippen LogP contribution is -2.47. The van der Waals surface area contributed by atoms with E-state index in [2.05, 4.69) is 50.2 Å². The number of guanidine groups is 1. The van der Waals surface area contributed by atoms with Gasteiger partial charge in [0.25, 0.3) is 5.91 Å². The molecule has 0 aromatic carbocycles. The summed E-state index contributed by atoms with van der Waals surface area (Å²) >= 11 is 0. The number of carbonyl (C=O) groups excluding carboxylic acids is 1. The van der Waals surface area contributed by atoms with Crippen LogP contribution in [-0.4, -0.2) is 22.9 Å². The van der Waals surface area contributed by atoms with E-state index in [0.717, 1.165) is 25.7 Å². The van der Waals surface area contributed by atoms with Gasteiger partial charge in [0.2, 0.25) is 0 Å². The number of hydrogen-bond acceptors (Lipinski definition) is 3. The van der Waals surface area contributed by atoms with Gasteiger partial charge in [-0.15, -0.1) is 0 Å². The Bertz CT molecular complexity index is 309. The zero-order valence-electron chi connectivity index (χ0n) is 11.7. The molecule has 17 heavy (non-hydrogen) atoms. The van der Waals surface area contributed by atoms with Gasteiger partial charge in [0.05, 0.1) is 0 Å². The van der Waals surface area contributed by atoms with Crippen molar-refractivity contribution >= 4 is 11.9 Å². The van der Waals surface area contributed by atoms with E-state index in [-0.39, 0.29) is 11.4 Å². The predicted octanol–water partition coefficient (Wildman–Crippen LogP) is 2.20. The molecular weight excluding hydrogens is 214 g/mol. The molecule has 0 aromatic heterocycles. The van der Waals surface area contributed by atoms with Gasteiger partial charge in [0, 0.05) is 5.54 Å². The van der Waals surface area contributed by atoms with Crippen LogP contribution in [0.2, 0.25) is 0 Å². The van der Waals surface area contributed by atoms with Crippen LogP contribution in [0.5, 0.6) is 0 Å². The number of nitrogens with one attached hydrogen (secondary N) is 2. The third kappa shape index (κ3) is 3.45. The van der Waals surface area contributed by atoms with Crippen molar-refractivity contribution in [1.82, 2.24) is 10.6 Å². The summed E-state index contributed by atoms with van der Waals surface area (Å²) in [7, 11) is 0. The zero-order chi connectivity index (χ0) is 13.1. The normalized spacial score (nSPS) is 18.9. The van der Waals surface area contributed by atoms with Crippen LogP contribution in [0.3, 0.4) is 0 Å². The minimum absolute atomic E-state index is 0.0490. The average molecular weight is 239 g/mol. The summed E-state index contributed by atoms with van der Waals surface area (Å²) in [6.07, 6.45) is 3.59. The molecule has 0 radical (unpaired) electrons. The van der Waals surface area contributed by atoms with E-state index in [1.807, 2.05) is 0 Å². The Labute approximate surface area is 104 Å². The molecule has 0 aromatic rings. The molecular formula is C13H25N3O. The van der Waals surface area contributed by atoms with Crippen molar-refractivity contribution in [2.45, 2.75) is 71.4 Å². The van der Waals surface area contributed by atoms with Gasteiger partial charge in [-0.3, -0.25) is 10.1 Å². The van der Waals surface area contributed by atoms with E-state index < -0.39 is 5.54 Å². The maximum Gasteiger partial charge on any atom is 0.254 e. The van der Waals surface area contributed by atoms with Gasteiger partial charge < -0.3 is 5.32 Å². The highest BCUT2D eigenvalue weighted by molar-refractivity contribution is 6.07. The fourth-order valence-electron chi connectivity index (χ4n) is 2.22. The minimum Gasteiger partial charge on any atom is -0.351 e. The standard InChI is InChI=1S/C13H25N3O/c1-6-8-13(9-7-2)10(17)14-11(16-13)15-12(3,4)5/h6-9H2,1-5H3,(H2,14,15,16,17). The summed E-state index contributed by atoms with van der Waals surface area (Å²) < 4.78 is 0. The van der Waals surface area contributed by atoms with E-state index in [1.165, 1.54) is 0 Å². The Morgan fingerprint density at radius 1 is 1.24 bits per heavy atom. The molecule has 1 aliphatic rings. The highest BCUT2D eigenvalue weighted by Gasteiger charge is 2.42. The van der Waals surface area contributed by atoms with Gasteiger partial charge in [-0.05, 0) is 33.6 Å². The summed E-state index contributed by atoms with van der Waals surface area (Å²) in [5.74, 6) is 0.678. The number of carbonyl (C=O) groups is 1. The second kappa shape index (κ2) is 5.07. The zero-order valence-corrected chi connectivity index (χ0v) is 11.7. The minimum atomic E-state index is -0.531. The molecule has 1 amide bonds. The molecule has 0 spiro atoms. The lowest BCUT2D eigenvalue weighted by atomic mass is 9.89. The molecule has 1 rings (SSSR count). The molecule has 98 valence electrons. The van der Waals surface area contributed by atoms with Crippen LogP contribution < -0.4 is 10.6 Å². The van der Waals surface area contributed by atoms with Crippen molar-refractivity contribution in [3.63, 3.8) is 0 Å². The Hall–Kier alpha value is -1.06. The molecule has 0 bridgehead atoms. The molecule has 0 fully saturated rings. The largest absolute Gasteiger partial charge is 0.351 e. The number of nitrogens with zero attached hydrogens (tertiary/aromatic N) is 1. The first-order valence-corrected chi connectivity index (χ1v) is 6.52. The number of rotatable bonds is 4. The summed E-state index contributed by atoms with van der Waals surface area (Å²) in [6, 6.07) is 0. The number of amides is 1. The number of hydrogen-bond donors (Lipinski definition) is 2. The van der Waals surface area contributed by atoms with E-state index in [4.69, 9.17) is 0 Å². The molecule has 1 aliphatic heterocycles. The van der Waals surface area contributed by atoms with E-state index >= 15 is 0 Å². The second-order valence-electron chi connectivity index (χ2n) is 5.82. The first-order valence-electron chi connectivity index (χ1n) is 6.52. The Kier molecular flexibility index (Phi) is 4.17. The van der Waals surface area contributed by atoms with Crippen molar-refractivity contribution in [1.29, 1.82) is 0 Å². The maximum atomic E-state index is 12.1. The Balaban J connectivity index is 2.87. The fourth-order valence-corrected chi connectivity index (χ4v) is 2.22. The maximum absolute atomic E-state index is 12.1. The molecule has 0 saturated carbocycles. The van der Waals surface area contributed by atoms with Crippen molar-refractivity contribution in [3.8, 4) is 0 Å². The van der Waals surface area contributed by atoms with Crippen molar-refractivity contribution in [2.75, 3.05) is 0 Å². The summed E-state index contributed by atoms with van der Waals surface area (Å²) in [6.45, 7) is 10.4.